The second-order valence-electron chi connectivity index (χ2n) is 4.40. The monoisotopic (exact) mass is 252 g/mol. The van der Waals surface area contributed by atoms with Crippen LogP contribution in [0.2, 0.25) is 0 Å². The summed E-state index contributed by atoms with van der Waals surface area (Å²) in [6.07, 6.45) is -0.305. The fraction of sp³-hybridized carbons (Fsp3) is 0.385. The van der Waals surface area contributed by atoms with Crippen LogP contribution in [0.1, 0.15) is 20.3 Å². The molecule has 0 atom stereocenters. The molecule has 98 valence electrons. The largest absolute Gasteiger partial charge is 0.355 e. The van der Waals surface area contributed by atoms with E-state index >= 15 is 0 Å². The number of carbonyl (C=O) groups is 2. The summed E-state index contributed by atoms with van der Waals surface area (Å²) in [5.41, 5.74) is 0.0826. The standard InChI is InChI=1S/C13H17FN2O2/c1-9(2)8-15-12(17)7-13(18)16-11-6-4-3-5-10(11)14/h3-6,9H,7-8H2,1-2H3,(H,15,17)(H,16,18). The Morgan fingerprint density at radius 3 is 2.50 bits per heavy atom. The number of rotatable bonds is 5. The maximum atomic E-state index is 13.2. The molecule has 0 aliphatic rings. The van der Waals surface area contributed by atoms with Gasteiger partial charge < -0.3 is 10.6 Å². The third-order valence-corrected chi connectivity index (χ3v) is 2.18. The Hall–Kier alpha value is -1.91. The highest BCUT2D eigenvalue weighted by Gasteiger charge is 2.11. The summed E-state index contributed by atoms with van der Waals surface area (Å²) in [5, 5.41) is 4.97. The number of halogens is 1. The summed E-state index contributed by atoms with van der Waals surface area (Å²) in [4.78, 5) is 22.8. The fourth-order valence-electron chi connectivity index (χ4n) is 1.28. The summed E-state index contributed by atoms with van der Waals surface area (Å²) < 4.78 is 13.2. The van der Waals surface area contributed by atoms with Crippen molar-refractivity contribution >= 4 is 17.5 Å². The molecule has 0 aromatic heterocycles. The van der Waals surface area contributed by atoms with Crippen molar-refractivity contribution in [1.82, 2.24) is 5.32 Å². The Morgan fingerprint density at radius 1 is 1.22 bits per heavy atom. The molecule has 0 saturated heterocycles. The van der Waals surface area contributed by atoms with Gasteiger partial charge in [0.05, 0.1) is 5.69 Å². The normalized spacial score (nSPS) is 10.2. The van der Waals surface area contributed by atoms with E-state index in [9.17, 15) is 14.0 Å². The molecule has 2 N–H and O–H groups in total. The minimum atomic E-state index is -0.527. The van der Waals surface area contributed by atoms with Gasteiger partial charge in [-0.3, -0.25) is 9.59 Å². The highest BCUT2D eigenvalue weighted by atomic mass is 19.1. The fourth-order valence-corrected chi connectivity index (χ4v) is 1.28. The predicted molar refractivity (Wildman–Crippen MR) is 67.5 cm³/mol. The van der Waals surface area contributed by atoms with Crippen molar-refractivity contribution in [3.8, 4) is 0 Å². The van der Waals surface area contributed by atoms with Crippen LogP contribution in [0.3, 0.4) is 0 Å². The average Bonchev–Trinajstić information content (AvgIpc) is 2.29. The smallest absolute Gasteiger partial charge is 0.233 e. The maximum absolute atomic E-state index is 13.2. The third kappa shape index (κ3) is 4.95. The number of para-hydroxylation sites is 1. The number of hydrogen-bond acceptors (Lipinski definition) is 2. The molecule has 0 bridgehead atoms. The lowest BCUT2D eigenvalue weighted by Gasteiger charge is -2.08. The summed E-state index contributed by atoms with van der Waals surface area (Å²) in [7, 11) is 0. The van der Waals surface area contributed by atoms with E-state index in [1.807, 2.05) is 13.8 Å². The van der Waals surface area contributed by atoms with Gasteiger partial charge in [-0.25, -0.2) is 4.39 Å². The highest BCUT2D eigenvalue weighted by molar-refractivity contribution is 6.03. The van der Waals surface area contributed by atoms with Crippen molar-refractivity contribution < 1.29 is 14.0 Å². The SMILES string of the molecule is CC(C)CNC(=O)CC(=O)Nc1ccccc1F. The quantitative estimate of drug-likeness (QED) is 0.787. The number of anilines is 1. The van der Waals surface area contributed by atoms with Crippen molar-refractivity contribution in [2.75, 3.05) is 11.9 Å². The molecule has 1 rings (SSSR count). The van der Waals surface area contributed by atoms with E-state index in [1.165, 1.54) is 18.2 Å². The number of hydrogen-bond donors (Lipinski definition) is 2. The number of amides is 2. The van der Waals surface area contributed by atoms with Gasteiger partial charge in [0.25, 0.3) is 0 Å². The van der Waals surface area contributed by atoms with Gasteiger partial charge in [0.15, 0.2) is 0 Å². The van der Waals surface area contributed by atoms with Crippen molar-refractivity contribution in [2.24, 2.45) is 5.92 Å². The van der Waals surface area contributed by atoms with Gasteiger partial charge in [0.1, 0.15) is 12.2 Å². The molecule has 1 aromatic rings. The summed E-state index contributed by atoms with van der Waals surface area (Å²) in [6.45, 7) is 4.44. The van der Waals surface area contributed by atoms with Crippen LogP contribution in [0.5, 0.6) is 0 Å². The lowest BCUT2D eigenvalue weighted by Crippen LogP contribution is -2.30. The van der Waals surface area contributed by atoms with Crippen LogP contribution < -0.4 is 10.6 Å². The van der Waals surface area contributed by atoms with Gasteiger partial charge in [-0.15, -0.1) is 0 Å². The zero-order valence-electron chi connectivity index (χ0n) is 10.5. The Bertz CT molecular complexity index is 433. The van der Waals surface area contributed by atoms with Gasteiger partial charge in [-0.2, -0.15) is 0 Å². The first-order valence-corrected chi connectivity index (χ1v) is 5.80. The molecule has 0 saturated carbocycles. The number of carbonyl (C=O) groups excluding carboxylic acids is 2. The second kappa shape index (κ2) is 6.74. The van der Waals surface area contributed by atoms with E-state index in [0.29, 0.717) is 12.5 Å². The summed E-state index contributed by atoms with van der Waals surface area (Å²) in [5.74, 6) is -1.09. The molecule has 0 aliphatic heterocycles. The van der Waals surface area contributed by atoms with E-state index in [2.05, 4.69) is 10.6 Å². The molecule has 18 heavy (non-hydrogen) atoms. The maximum Gasteiger partial charge on any atom is 0.233 e. The molecule has 5 heteroatoms. The Balaban J connectivity index is 2.42. The molecule has 0 radical (unpaired) electrons. The number of benzene rings is 1. The van der Waals surface area contributed by atoms with Gasteiger partial charge in [-0.1, -0.05) is 26.0 Å². The summed E-state index contributed by atoms with van der Waals surface area (Å²) >= 11 is 0. The van der Waals surface area contributed by atoms with Crippen LogP contribution >= 0.6 is 0 Å². The molecule has 0 heterocycles. The average molecular weight is 252 g/mol. The Kier molecular flexibility index (Phi) is 5.30. The van der Waals surface area contributed by atoms with Gasteiger partial charge in [0.2, 0.25) is 11.8 Å². The number of nitrogens with one attached hydrogen (secondary N) is 2. The van der Waals surface area contributed by atoms with E-state index in [1.54, 1.807) is 6.07 Å². The van der Waals surface area contributed by atoms with E-state index < -0.39 is 11.7 Å². The van der Waals surface area contributed by atoms with Crippen LogP contribution in [-0.2, 0) is 9.59 Å². The predicted octanol–water partition coefficient (Wildman–Crippen LogP) is 1.93. The van der Waals surface area contributed by atoms with Crippen LogP contribution in [0.25, 0.3) is 0 Å². The minimum Gasteiger partial charge on any atom is -0.355 e. The van der Waals surface area contributed by atoms with E-state index in [0.717, 1.165) is 0 Å². The molecule has 0 unspecified atom stereocenters. The van der Waals surface area contributed by atoms with Crippen LogP contribution in [0, 0.1) is 11.7 Å². The van der Waals surface area contributed by atoms with Gasteiger partial charge in [-0.05, 0) is 18.1 Å². The van der Waals surface area contributed by atoms with Crippen molar-refractivity contribution in [1.29, 1.82) is 0 Å². The molecule has 2 amide bonds. The molecular formula is C13H17FN2O2. The van der Waals surface area contributed by atoms with Crippen molar-refractivity contribution in [2.45, 2.75) is 20.3 Å². The molecule has 0 fully saturated rings. The van der Waals surface area contributed by atoms with E-state index in [-0.39, 0.29) is 18.0 Å². The first-order valence-electron chi connectivity index (χ1n) is 5.80. The second-order valence-corrected chi connectivity index (χ2v) is 4.40. The molecule has 4 nitrogen and oxygen atoms in total. The Labute approximate surface area is 106 Å². The van der Waals surface area contributed by atoms with Gasteiger partial charge in [0, 0.05) is 6.54 Å². The third-order valence-electron chi connectivity index (χ3n) is 2.18. The van der Waals surface area contributed by atoms with Crippen LogP contribution in [-0.4, -0.2) is 18.4 Å². The molecule has 0 aliphatic carbocycles. The first kappa shape index (κ1) is 14.2. The summed E-state index contributed by atoms with van der Waals surface area (Å²) in [6, 6.07) is 5.82. The lowest BCUT2D eigenvalue weighted by atomic mass is 10.2. The first-order chi connectivity index (χ1) is 8.49. The minimum absolute atomic E-state index is 0.0826. The highest BCUT2D eigenvalue weighted by Crippen LogP contribution is 2.12. The topological polar surface area (TPSA) is 58.2 Å². The van der Waals surface area contributed by atoms with Crippen LogP contribution in [0.15, 0.2) is 24.3 Å². The lowest BCUT2D eigenvalue weighted by molar-refractivity contribution is -0.126. The van der Waals surface area contributed by atoms with E-state index in [4.69, 9.17) is 0 Å². The molecular weight excluding hydrogens is 235 g/mol. The molecule has 1 aromatic carbocycles. The Morgan fingerprint density at radius 2 is 1.89 bits per heavy atom. The van der Waals surface area contributed by atoms with Crippen molar-refractivity contribution in [3.05, 3.63) is 30.1 Å². The van der Waals surface area contributed by atoms with Crippen molar-refractivity contribution in [3.63, 3.8) is 0 Å². The molecule has 0 spiro atoms. The van der Waals surface area contributed by atoms with Crippen LogP contribution in [0.4, 0.5) is 10.1 Å². The zero-order chi connectivity index (χ0) is 13.5. The van der Waals surface area contributed by atoms with Gasteiger partial charge >= 0.3 is 0 Å². The zero-order valence-corrected chi connectivity index (χ0v) is 10.5.